The lowest BCUT2D eigenvalue weighted by molar-refractivity contribution is -0.00776. The van der Waals surface area contributed by atoms with Gasteiger partial charge in [0.25, 0.3) is 0 Å². The Morgan fingerprint density at radius 1 is 1.04 bits per heavy atom. The third-order valence-electron chi connectivity index (χ3n) is 5.34. The first-order valence-corrected chi connectivity index (χ1v) is 10.6. The first-order valence-electron chi connectivity index (χ1n) is 9.83. The molecule has 3 heterocycles. The van der Waals surface area contributed by atoms with Gasteiger partial charge in [0.15, 0.2) is 0 Å². The van der Waals surface area contributed by atoms with E-state index in [4.69, 9.17) is 0 Å². The normalized spacial score (nSPS) is 18.5. The lowest BCUT2D eigenvalue weighted by Crippen LogP contribution is -2.53. The van der Waals surface area contributed by atoms with Gasteiger partial charge in [-0.25, -0.2) is 19.8 Å². The molecule has 2 fully saturated rings. The molecule has 4 rings (SSSR count). The molecular formula is C21H26N4O2S. The number of anilines is 1. The summed E-state index contributed by atoms with van der Waals surface area (Å²) in [6.45, 7) is 8.16. The van der Waals surface area contributed by atoms with E-state index in [2.05, 4.69) is 45.0 Å². The Labute approximate surface area is 170 Å². The van der Waals surface area contributed by atoms with E-state index >= 15 is 0 Å². The van der Waals surface area contributed by atoms with Gasteiger partial charge in [0.05, 0.1) is 10.5 Å². The lowest BCUT2D eigenvalue weighted by Gasteiger charge is -2.40. The first-order chi connectivity index (χ1) is 13.6. The number of aromatic carboxylic acids is 1. The second-order valence-electron chi connectivity index (χ2n) is 7.37. The number of hydrogen-bond donors (Lipinski definition) is 1. The van der Waals surface area contributed by atoms with Gasteiger partial charge in [-0.3, -0.25) is 0 Å². The number of benzene rings is 1. The maximum absolute atomic E-state index is 11.5. The number of rotatable bonds is 5. The number of aromatic nitrogens is 1. The van der Waals surface area contributed by atoms with Gasteiger partial charge >= 0.3 is 5.97 Å². The molecule has 2 aromatic rings. The highest BCUT2D eigenvalue weighted by Crippen LogP contribution is 2.35. The first kappa shape index (κ1) is 19.2. The van der Waals surface area contributed by atoms with E-state index < -0.39 is 5.97 Å². The zero-order chi connectivity index (χ0) is 19.5. The van der Waals surface area contributed by atoms with Gasteiger partial charge in [0.1, 0.15) is 5.82 Å². The second kappa shape index (κ2) is 8.51. The Morgan fingerprint density at radius 2 is 1.75 bits per heavy atom. The van der Waals surface area contributed by atoms with Crippen LogP contribution in [-0.4, -0.2) is 65.3 Å². The molecule has 148 valence electrons. The largest absolute Gasteiger partial charge is 0.478 e. The van der Waals surface area contributed by atoms with Crippen molar-refractivity contribution in [1.29, 1.82) is 0 Å². The molecule has 0 unspecified atom stereocenters. The van der Waals surface area contributed by atoms with Gasteiger partial charge in [-0.15, -0.1) is 0 Å². The fourth-order valence-corrected chi connectivity index (χ4v) is 4.95. The average molecular weight is 399 g/mol. The molecule has 0 radical (unpaired) electrons. The Morgan fingerprint density at radius 3 is 2.43 bits per heavy atom. The van der Waals surface area contributed by atoms with Crippen LogP contribution in [0.2, 0.25) is 0 Å². The average Bonchev–Trinajstić information content (AvgIpc) is 3.23. The third-order valence-corrected chi connectivity index (χ3v) is 6.35. The van der Waals surface area contributed by atoms with Crippen molar-refractivity contribution in [1.82, 2.24) is 15.0 Å². The van der Waals surface area contributed by atoms with Crippen molar-refractivity contribution in [3.05, 3.63) is 47.7 Å². The van der Waals surface area contributed by atoms with Gasteiger partial charge in [0.2, 0.25) is 0 Å². The monoisotopic (exact) mass is 398 g/mol. The molecule has 2 saturated heterocycles. The molecule has 2 aliphatic heterocycles. The number of aryl methyl sites for hydroxylation is 1. The fraction of sp³-hybridized carbons (Fsp3) is 0.429. The highest BCUT2D eigenvalue weighted by atomic mass is 32.2. The predicted octanol–water partition coefficient (Wildman–Crippen LogP) is 3.37. The van der Waals surface area contributed by atoms with Gasteiger partial charge in [0, 0.05) is 50.4 Å². The molecule has 0 amide bonds. The minimum Gasteiger partial charge on any atom is -0.478 e. The quantitative estimate of drug-likeness (QED) is 0.828. The number of carboxylic acid groups (broad SMARTS) is 1. The Kier molecular flexibility index (Phi) is 5.85. The topological polar surface area (TPSA) is 59.9 Å². The van der Waals surface area contributed by atoms with Crippen LogP contribution in [0.3, 0.4) is 0 Å². The highest BCUT2D eigenvalue weighted by molar-refractivity contribution is 7.99. The van der Waals surface area contributed by atoms with Crippen molar-refractivity contribution in [2.75, 3.05) is 44.2 Å². The van der Waals surface area contributed by atoms with Gasteiger partial charge in [-0.1, -0.05) is 29.5 Å². The van der Waals surface area contributed by atoms with Crippen LogP contribution >= 0.6 is 11.8 Å². The van der Waals surface area contributed by atoms with Crippen molar-refractivity contribution in [3.63, 3.8) is 0 Å². The van der Waals surface area contributed by atoms with E-state index in [1.165, 1.54) is 37.7 Å². The molecule has 1 aromatic carbocycles. The van der Waals surface area contributed by atoms with Crippen LogP contribution in [0, 0.1) is 6.92 Å². The molecule has 28 heavy (non-hydrogen) atoms. The highest BCUT2D eigenvalue weighted by Gasteiger charge is 2.26. The van der Waals surface area contributed by atoms with E-state index in [1.54, 1.807) is 17.8 Å². The Hall–Kier alpha value is -2.09. The number of hydrazine groups is 1. The van der Waals surface area contributed by atoms with E-state index in [9.17, 15) is 9.90 Å². The molecule has 0 saturated carbocycles. The maximum atomic E-state index is 11.5. The lowest BCUT2D eigenvalue weighted by atomic mass is 10.2. The van der Waals surface area contributed by atoms with Crippen LogP contribution in [0.4, 0.5) is 5.82 Å². The third kappa shape index (κ3) is 4.32. The second-order valence-corrected chi connectivity index (χ2v) is 8.49. The molecule has 1 aromatic heterocycles. The van der Waals surface area contributed by atoms with Crippen LogP contribution in [0.25, 0.3) is 0 Å². The smallest absolute Gasteiger partial charge is 0.337 e. The summed E-state index contributed by atoms with van der Waals surface area (Å²) in [5.74, 6) is -0.0541. The molecular weight excluding hydrogens is 372 g/mol. The van der Waals surface area contributed by atoms with Crippen LogP contribution in [0.15, 0.2) is 46.3 Å². The molecule has 0 aliphatic carbocycles. The van der Waals surface area contributed by atoms with Crippen molar-refractivity contribution >= 4 is 23.5 Å². The van der Waals surface area contributed by atoms with E-state index in [0.717, 1.165) is 41.8 Å². The summed E-state index contributed by atoms with van der Waals surface area (Å²) in [5.41, 5.74) is 1.42. The zero-order valence-corrected chi connectivity index (χ0v) is 17.0. The molecule has 7 heteroatoms. The van der Waals surface area contributed by atoms with Crippen LogP contribution in [-0.2, 0) is 0 Å². The standard InChI is InChI=1S/C21H26N4O2S/c1-16-5-4-6-18(13-16)28-19-14-17(21(26)27)15-22-20(19)23-9-11-25(12-10-23)24-7-2-3-8-24/h4-6,13-15H,2-3,7-12H2,1H3,(H,26,27). The molecule has 1 N–H and O–H groups in total. The molecule has 6 nitrogen and oxygen atoms in total. The number of carbonyl (C=O) groups is 1. The van der Waals surface area contributed by atoms with Crippen molar-refractivity contribution < 1.29 is 9.90 Å². The minimum absolute atomic E-state index is 0.231. The summed E-state index contributed by atoms with van der Waals surface area (Å²) in [5, 5.41) is 14.3. The van der Waals surface area contributed by atoms with Gasteiger partial charge < -0.3 is 10.0 Å². The van der Waals surface area contributed by atoms with Gasteiger partial charge in [-0.2, -0.15) is 0 Å². The number of nitrogens with zero attached hydrogens (tertiary/aromatic N) is 4. The number of pyridine rings is 1. The van der Waals surface area contributed by atoms with Crippen LogP contribution in [0.5, 0.6) is 0 Å². The summed E-state index contributed by atoms with van der Waals surface area (Å²) in [4.78, 5) is 20.3. The molecule has 0 bridgehead atoms. The predicted molar refractivity (Wildman–Crippen MR) is 111 cm³/mol. The molecule has 0 atom stereocenters. The zero-order valence-electron chi connectivity index (χ0n) is 16.2. The van der Waals surface area contributed by atoms with Crippen molar-refractivity contribution in [2.24, 2.45) is 0 Å². The van der Waals surface area contributed by atoms with Crippen molar-refractivity contribution in [2.45, 2.75) is 29.6 Å². The van der Waals surface area contributed by atoms with Gasteiger partial charge in [-0.05, 0) is 38.0 Å². The summed E-state index contributed by atoms with van der Waals surface area (Å²) < 4.78 is 0. The Bertz CT molecular complexity index is 846. The number of hydrogen-bond acceptors (Lipinski definition) is 6. The minimum atomic E-state index is -0.941. The summed E-state index contributed by atoms with van der Waals surface area (Å²) in [6.07, 6.45) is 4.05. The van der Waals surface area contributed by atoms with E-state index in [0.29, 0.717) is 0 Å². The summed E-state index contributed by atoms with van der Waals surface area (Å²) >= 11 is 1.59. The SMILES string of the molecule is Cc1cccc(Sc2cc(C(=O)O)cnc2N2CCN(N3CCCC3)CC2)c1. The van der Waals surface area contributed by atoms with Crippen LogP contribution < -0.4 is 4.90 Å². The molecule has 0 spiro atoms. The van der Waals surface area contributed by atoms with E-state index in [-0.39, 0.29) is 5.56 Å². The van der Waals surface area contributed by atoms with E-state index in [1.807, 2.05) is 6.07 Å². The summed E-state index contributed by atoms with van der Waals surface area (Å²) in [7, 11) is 0. The Balaban J connectivity index is 1.55. The maximum Gasteiger partial charge on any atom is 0.337 e. The van der Waals surface area contributed by atoms with Crippen LogP contribution in [0.1, 0.15) is 28.8 Å². The number of carboxylic acids is 1. The summed E-state index contributed by atoms with van der Waals surface area (Å²) in [6, 6.07) is 10.0. The number of piperazine rings is 1. The van der Waals surface area contributed by atoms with Crippen molar-refractivity contribution in [3.8, 4) is 0 Å². The fourth-order valence-electron chi connectivity index (χ4n) is 3.85. The molecule has 2 aliphatic rings.